The van der Waals surface area contributed by atoms with Crippen LogP contribution in [0.1, 0.15) is 5.56 Å². The Balaban J connectivity index is 1.87. The van der Waals surface area contributed by atoms with E-state index in [0.717, 1.165) is 21.5 Å². The third-order valence-corrected chi connectivity index (χ3v) is 3.94. The van der Waals surface area contributed by atoms with E-state index in [2.05, 4.69) is 9.97 Å². The van der Waals surface area contributed by atoms with Gasteiger partial charge in [-0.25, -0.2) is 14.4 Å². The van der Waals surface area contributed by atoms with Crippen LogP contribution in [0.15, 0.2) is 53.8 Å². The van der Waals surface area contributed by atoms with E-state index in [0.29, 0.717) is 11.4 Å². The van der Waals surface area contributed by atoms with Gasteiger partial charge >= 0.3 is 0 Å². The summed E-state index contributed by atoms with van der Waals surface area (Å²) in [4.78, 5) is 8.51. The van der Waals surface area contributed by atoms with Crippen molar-refractivity contribution in [3.8, 4) is 0 Å². The highest BCUT2D eigenvalue weighted by molar-refractivity contribution is 7.98. The number of hydrogen-bond acceptors (Lipinski definition) is 4. The summed E-state index contributed by atoms with van der Waals surface area (Å²) in [5, 5.41) is 1.89. The monoisotopic (exact) mass is 285 g/mol. The lowest BCUT2D eigenvalue weighted by molar-refractivity contribution is 0.627. The normalized spacial score (nSPS) is 10.8. The van der Waals surface area contributed by atoms with Gasteiger partial charge in [0.2, 0.25) is 0 Å². The topological polar surface area (TPSA) is 51.8 Å². The van der Waals surface area contributed by atoms with Crippen LogP contribution in [0.5, 0.6) is 0 Å². The molecule has 0 aliphatic carbocycles. The van der Waals surface area contributed by atoms with Crippen molar-refractivity contribution >= 4 is 28.4 Å². The first-order valence-electron chi connectivity index (χ1n) is 6.10. The van der Waals surface area contributed by atoms with Crippen molar-refractivity contribution in [3.63, 3.8) is 0 Å². The van der Waals surface area contributed by atoms with Crippen LogP contribution >= 0.6 is 11.8 Å². The number of hydrogen-bond donors (Lipinski definition) is 1. The van der Waals surface area contributed by atoms with E-state index in [1.54, 1.807) is 24.2 Å². The summed E-state index contributed by atoms with van der Waals surface area (Å²) in [6.07, 6.45) is 1.55. The molecular formula is C15H12FN3S. The number of benzene rings is 2. The molecule has 2 N–H and O–H groups in total. The largest absolute Gasteiger partial charge is 0.399 e. The summed E-state index contributed by atoms with van der Waals surface area (Å²) in [7, 11) is 0. The molecule has 0 saturated carbocycles. The molecular weight excluding hydrogens is 273 g/mol. The molecule has 20 heavy (non-hydrogen) atoms. The standard InChI is InChI=1S/C15H12FN3S/c16-11-5-10(6-12(17)7-11)8-20-15-13-3-1-2-4-14(13)18-9-19-15/h1-7,9H,8,17H2. The van der Waals surface area contributed by atoms with Gasteiger partial charge in [-0.05, 0) is 29.8 Å². The molecule has 1 aromatic heterocycles. The Bertz CT molecular complexity index is 735. The van der Waals surface area contributed by atoms with E-state index < -0.39 is 0 Å². The maximum atomic E-state index is 13.3. The molecule has 0 saturated heterocycles. The molecule has 0 atom stereocenters. The summed E-state index contributed by atoms with van der Waals surface area (Å²) >= 11 is 1.55. The molecule has 3 rings (SSSR count). The van der Waals surface area contributed by atoms with Crippen molar-refractivity contribution in [2.75, 3.05) is 5.73 Å². The summed E-state index contributed by atoms with van der Waals surface area (Å²) in [5.74, 6) is 0.302. The van der Waals surface area contributed by atoms with Crippen molar-refractivity contribution < 1.29 is 4.39 Å². The van der Waals surface area contributed by atoms with Gasteiger partial charge < -0.3 is 5.73 Å². The molecule has 0 unspecified atom stereocenters. The molecule has 3 aromatic rings. The van der Waals surface area contributed by atoms with Gasteiger partial charge in [0.15, 0.2) is 0 Å². The van der Waals surface area contributed by atoms with Crippen LogP contribution in [0, 0.1) is 5.82 Å². The molecule has 5 heteroatoms. The highest BCUT2D eigenvalue weighted by Crippen LogP contribution is 2.27. The van der Waals surface area contributed by atoms with Crippen LogP contribution in [0.25, 0.3) is 10.9 Å². The molecule has 100 valence electrons. The Labute approximate surface area is 120 Å². The molecule has 0 spiro atoms. The predicted molar refractivity (Wildman–Crippen MR) is 79.9 cm³/mol. The van der Waals surface area contributed by atoms with Gasteiger partial charge in [-0.1, -0.05) is 18.2 Å². The second kappa shape index (κ2) is 5.46. The number of nitrogens with zero attached hydrogens (tertiary/aromatic N) is 2. The maximum absolute atomic E-state index is 13.3. The molecule has 0 bridgehead atoms. The van der Waals surface area contributed by atoms with Crippen molar-refractivity contribution in [2.24, 2.45) is 0 Å². The average molecular weight is 285 g/mol. The van der Waals surface area contributed by atoms with E-state index in [4.69, 9.17) is 5.73 Å². The van der Waals surface area contributed by atoms with Crippen LogP contribution in [-0.2, 0) is 5.75 Å². The minimum absolute atomic E-state index is 0.312. The van der Waals surface area contributed by atoms with E-state index in [-0.39, 0.29) is 5.82 Å². The number of para-hydroxylation sites is 1. The SMILES string of the molecule is Nc1cc(F)cc(CSc2ncnc3ccccc23)c1. The summed E-state index contributed by atoms with van der Waals surface area (Å²) < 4.78 is 13.3. The van der Waals surface area contributed by atoms with Crippen molar-refractivity contribution in [3.05, 3.63) is 60.2 Å². The molecule has 0 radical (unpaired) electrons. The Hall–Kier alpha value is -2.14. The quantitative estimate of drug-likeness (QED) is 0.453. The average Bonchev–Trinajstić information content (AvgIpc) is 2.44. The Morgan fingerprint density at radius 2 is 1.95 bits per heavy atom. The van der Waals surface area contributed by atoms with E-state index in [9.17, 15) is 4.39 Å². The minimum atomic E-state index is -0.312. The fourth-order valence-electron chi connectivity index (χ4n) is 2.01. The lowest BCUT2D eigenvalue weighted by Crippen LogP contribution is -1.91. The number of nitrogens with two attached hydrogens (primary N) is 1. The molecule has 0 aliphatic rings. The number of nitrogen functional groups attached to an aromatic ring is 1. The van der Waals surface area contributed by atoms with Gasteiger partial charge in [0, 0.05) is 16.8 Å². The molecule has 3 nitrogen and oxygen atoms in total. The molecule has 2 aromatic carbocycles. The fraction of sp³-hybridized carbons (Fsp3) is 0.0667. The van der Waals surface area contributed by atoms with Crippen LogP contribution < -0.4 is 5.73 Å². The Kier molecular flexibility index (Phi) is 3.52. The summed E-state index contributed by atoms with van der Waals surface area (Å²) in [6, 6.07) is 12.4. The number of aromatic nitrogens is 2. The first-order chi connectivity index (χ1) is 9.72. The maximum Gasteiger partial charge on any atom is 0.125 e. The molecule has 0 aliphatic heterocycles. The second-order valence-corrected chi connectivity index (χ2v) is 5.34. The third-order valence-electron chi connectivity index (χ3n) is 2.86. The summed E-state index contributed by atoms with van der Waals surface area (Å²) in [6.45, 7) is 0. The second-order valence-electron chi connectivity index (χ2n) is 4.38. The minimum Gasteiger partial charge on any atom is -0.399 e. The van der Waals surface area contributed by atoms with Crippen LogP contribution in [0.4, 0.5) is 10.1 Å². The smallest absolute Gasteiger partial charge is 0.125 e. The highest BCUT2D eigenvalue weighted by atomic mass is 32.2. The van der Waals surface area contributed by atoms with Gasteiger partial charge in [-0.3, -0.25) is 0 Å². The zero-order valence-corrected chi connectivity index (χ0v) is 11.4. The number of rotatable bonds is 3. The van der Waals surface area contributed by atoms with Crippen LogP contribution in [0.2, 0.25) is 0 Å². The van der Waals surface area contributed by atoms with E-state index in [1.165, 1.54) is 12.1 Å². The Morgan fingerprint density at radius 3 is 2.80 bits per heavy atom. The van der Waals surface area contributed by atoms with Crippen LogP contribution in [0.3, 0.4) is 0 Å². The van der Waals surface area contributed by atoms with Gasteiger partial charge in [0.1, 0.15) is 17.2 Å². The molecule has 1 heterocycles. The number of fused-ring (bicyclic) bond motifs is 1. The van der Waals surface area contributed by atoms with Gasteiger partial charge in [0.05, 0.1) is 5.52 Å². The van der Waals surface area contributed by atoms with E-state index >= 15 is 0 Å². The summed E-state index contributed by atoms with van der Waals surface area (Å²) in [5.41, 5.74) is 7.83. The lowest BCUT2D eigenvalue weighted by atomic mass is 10.2. The van der Waals surface area contributed by atoms with Crippen LogP contribution in [-0.4, -0.2) is 9.97 Å². The number of halogens is 1. The van der Waals surface area contributed by atoms with Gasteiger partial charge in [-0.15, -0.1) is 11.8 Å². The van der Waals surface area contributed by atoms with E-state index in [1.807, 2.05) is 24.3 Å². The lowest BCUT2D eigenvalue weighted by Gasteiger charge is -2.05. The van der Waals surface area contributed by atoms with Gasteiger partial charge in [0.25, 0.3) is 0 Å². The molecule has 0 amide bonds. The first-order valence-corrected chi connectivity index (χ1v) is 7.08. The van der Waals surface area contributed by atoms with Gasteiger partial charge in [-0.2, -0.15) is 0 Å². The number of thioether (sulfide) groups is 1. The van der Waals surface area contributed by atoms with Crippen molar-refractivity contribution in [1.29, 1.82) is 0 Å². The zero-order chi connectivity index (χ0) is 13.9. The number of anilines is 1. The third kappa shape index (κ3) is 2.72. The first kappa shape index (κ1) is 12.9. The highest BCUT2D eigenvalue weighted by Gasteiger charge is 2.05. The Morgan fingerprint density at radius 1 is 1.10 bits per heavy atom. The zero-order valence-electron chi connectivity index (χ0n) is 10.6. The van der Waals surface area contributed by atoms with Crippen molar-refractivity contribution in [1.82, 2.24) is 9.97 Å². The predicted octanol–water partition coefficient (Wildman–Crippen LogP) is 3.64. The van der Waals surface area contributed by atoms with Crippen molar-refractivity contribution in [2.45, 2.75) is 10.8 Å². The molecule has 0 fully saturated rings. The fourth-order valence-corrected chi connectivity index (χ4v) is 2.93.